The minimum Gasteiger partial charge on any atom is -0.494 e. The first-order valence-corrected chi connectivity index (χ1v) is 12.3. The van der Waals surface area contributed by atoms with Gasteiger partial charge < -0.3 is 19.5 Å². The molecule has 1 aliphatic heterocycles. The standard InChI is InChI=1S/C23H20N10O3S/c1-36-16-11-26-19(15-12-37-13-27-15)20-18(16)14(10-25-20)21(34)22(35)31-6-8-32(9-7-31)23-28-29-30-33(23)17-4-2-3-5-24-17/h2-5,10-13,25H,6-9H2,1H3. The number of fused-ring (bicyclic) bond motifs is 1. The number of nitrogens with zero attached hydrogens (tertiary/aromatic N) is 9. The molecule has 1 fully saturated rings. The first-order chi connectivity index (χ1) is 18.2. The summed E-state index contributed by atoms with van der Waals surface area (Å²) < 4.78 is 7.02. The minimum atomic E-state index is -0.619. The molecule has 5 aromatic heterocycles. The first-order valence-electron chi connectivity index (χ1n) is 11.4. The molecular formula is C23H20N10O3S. The summed E-state index contributed by atoms with van der Waals surface area (Å²) in [5.74, 6) is 0.319. The summed E-state index contributed by atoms with van der Waals surface area (Å²) in [6.07, 6.45) is 4.73. The highest BCUT2D eigenvalue weighted by Gasteiger charge is 2.31. The minimum absolute atomic E-state index is 0.234. The third-order valence-corrected chi connectivity index (χ3v) is 6.76. The molecule has 5 aromatic rings. The molecule has 6 heterocycles. The van der Waals surface area contributed by atoms with Gasteiger partial charge in [-0.3, -0.25) is 9.59 Å². The van der Waals surface area contributed by atoms with Crippen LogP contribution < -0.4 is 9.64 Å². The molecule has 1 saturated heterocycles. The van der Waals surface area contributed by atoms with Crippen LogP contribution in [0.15, 0.2) is 47.7 Å². The molecule has 0 aliphatic carbocycles. The number of thiazole rings is 1. The van der Waals surface area contributed by atoms with Gasteiger partial charge in [0.25, 0.3) is 17.6 Å². The number of H-pyrrole nitrogens is 1. The van der Waals surface area contributed by atoms with Crippen molar-refractivity contribution < 1.29 is 14.3 Å². The molecule has 0 radical (unpaired) electrons. The predicted octanol–water partition coefficient (Wildman–Crippen LogP) is 1.60. The van der Waals surface area contributed by atoms with E-state index in [9.17, 15) is 9.59 Å². The number of methoxy groups -OCH3 is 1. The molecule has 13 nitrogen and oxygen atoms in total. The van der Waals surface area contributed by atoms with Crippen LogP contribution in [-0.4, -0.2) is 90.0 Å². The molecule has 0 unspecified atom stereocenters. The lowest BCUT2D eigenvalue weighted by Crippen LogP contribution is -2.51. The van der Waals surface area contributed by atoms with Crippen molar-refractivity contribution in [2.45, 2.75) is 0 Å². The molecule has 14 heteroatoms. The van der Waals surface area contributed by atoms with E-state index >= 15 is 0 Å². The Morgan fingerprint density at radius 3 is 2.70 bits per heavy atom. The molecule has 37 heavy (non-hydrogen) atoms. The van der Waals surface area contributed by atoms with Gasteiger partial charge in [0.15, 0.2) is 5.82 Å². The van der Waals surface area contributed by atoms with E-state index in [4.69, 9.17) is 4.74 Å². The number of ether oxygens (including phenoxy) is 1. The Morgan fingerprint density at radius 2 is 1.97 bits per heavy atom. The van der Waals surface area contributed by atoms with Gasteiger partial charge in [-0.1, -0.05) is 11.2 Å². The largest absolute Gasteiger partial charge is 0.494 e. The molecule has 1 amide bonds. The Hall–Kier alpha value is -4.72. The maximum Gasteiger partial charge on any atom is 0.295 e. The van der Waals surface area contributed by atoms with Gasteiger partial charge in [0.05, 0.1) is 35.3 Å². The number of Topliss-reactive ketones (excluding diaryl/α,β-unsaturated/α-hetero) is 1. The van der Waals surface area contributed by atoms with E-state index in [1.54, 1.807) is 21.3 Å². The summed E-state index contributed by atoms with van der Waals surface area (Å²) in [6, 6.07) is 5.48. The van der Waals surface area contributed by atoms with E-state index in [1.807, 2.05) is 28.5 Å². The number of aromatic amines is 1. The fourth-order valence-corrected chi connectivity index (χ4v) is 4.89. The monoisotopic (exact) mass is 516 g/mol. The number of nitrogens with one attached hydrogen (secondary N) is 1. The second kappa shape index (κ2) is 9.39. The van der Waals surface area contributed by atoms with Gasteiger partial charge in [-0.05, 0) is 22.6 Å². The molecule has 1 N–H and O–H groups in total. The van der Waals surface area contributed by atoms with Crippen molar-refractivity contribution in [2.24, 2.45) is 0 Å². The molecular weight excluding hydrogens is 496 g/mol. The van der Waals surface area contributed by atoms with Crippen LogP contribution in [0.2, 0.25) is 0 Å². The average Bonchev–Trinajstić information content (AvgIpc) is 3.73. The van der Waals surface area contributed by atoms with Crippen LogP contribution in [0.1, 0.15) is 10.4 Å². The van der Waals surface area contributed by atoms with Crippen molar-refractivity contribution in [1.29, 1.82) is 0 Å². The number of ketones is 1. The molecule has 0 saturated carbocycles. The number of hydrogen-bond acceptors (Lipinski definition) is 11. The SMILES string of the molecule is COc1cnc(-c2cscn2)c2[nH]cc(C(=O)C(=O)N3CCN(c4nnnn4-c4ccccn4)CC3)c12. The van der Waals surface area contributed by atoms with E-state index in [2.05, 4.69) is 35.5 Å². The van der Waals surface area contributed by atoms with Crippen LogP contribution >= 0.6 is 11.3 Å². The quantitative estimate of drug-likeness (QED) is 0.261. The van der Waals surface area contributed by atoms with Crippen molar-refractivity contribution in [2.75, 3.05) is 38.2 Å². The third-order valence-electron chi connectivity index (χ3n) is 6.18. The van der Waals surface area contributed by atoms with Gasteiger partial charge in [0, 0.05) is 44.0 Å². The van der Waals surface area contributed by atoms with Crippen LogP contribution in [0.3, 0.4) is 0 Å². The molecule has 186 valence electrons. The second-order valence-corrected chi connectivity index (χ2v) is 8.91. The molecule has 0 bridgehead atoms. The lowest BCUT2D eigenvalue weighted by atomic mass is 10.1. The summed E-state index contributed by atoms with van der Waals surface area (Å²) in [4.78, 5) is 46.3. The smallest absolute Gasteiger partial charge is 0.295 e. The van der Waals surface area contributed by atoms with Gasteiger partial charge in [-0.25, -0.2) is 15.0 Å². The third kappa shape index (κ3) is 3.96. The van der Waals surface area contributed by atoms with Crippen LogP contribution in [-0.2, 0) is 4.79 Å². The van der Waals surface area contributed by atoms with E-state index in [0.717, 1.165) is 0 Å². The zero-order valence-corrected chi connectivity index (χ0v) is 20.4. The highest BCUT2D eigenvalue weighted by atomic mass is 32.1. The van der Waals surface area contributed by atoms with Gasteiger partial charge >= 0.3 is 0 Å². The fraction of sp³-hybridized carbons (Fsp3) is 0.217. The van der Waals surface area contributed by atoms with Crippen LogP contribution in [0.4, 0.5) is 5.95 Å². The van der Waals surface area contributed by atoms with E-state index in [0.29, 0.717) is 66.0 Å². The zero-order valence-electron chi connectivity index (χ0n) is 19.6. The van der Waals surface area contributed by atoms with Crippen molar-refractivity contribution in [3.05, 3.63) is 53.2 Å². The number of rotatable bonds is 6. The summed E-state index contributed by atoms with van der Waals surface area (Å²) in [5, 5.41) is 14.3. The van der Waals surface area contributed by atoms with Crippen LogP contribution in [0, 0.1) is 0 Å². The Kier molecular flexibility index (Phi) is 5.76. The number of piperazine rings is 1. The predicted molar refractivity (Wildman–Crippen MR) is 134 cm³/mol. The zero-order chi connectivity index (χ0) is 25.4. The maximum absolute atomic E-state index is 13.4. The topological polar surface area (TPSA) is 148 Å². The average molecular weight is 517 g/mol. The van der Waals surface area contributed by atoms with Crippen molar-refractivity contribution >= 4 is 39.9 Å². The highest BCUT2D eigenvalue weighted by Crippen LogP contribution is 2.34. The lowest BCUT2D eigenvalue weighted by Gasteiger charge is -2.34. The molecule has 0 spiro atoms. The number of carbonyl (C=O) groups is 2. The number of anilines is 1. The van der Waals surface area contributed by atoms with Crippen molar-refractivity contribution in [1.82, 2.24) is 45.0 Å². The molecule has 1 aliphatic rings. The van der Waals surface area contributed by atoms with Gasteiger partial charge in [0.1, 0.15) is 17.1 Å². The number of carbonyl (C=O) groups excluding carboxylic acids is 2. The normalized spacial score (nSPS) is 13.8. The number of tetrazole rings is 1. The number of amides is 1. The Balaban J connectivity index is 1.22. The van der Waals surface area contributed by atoms with E-state index in [1.165, 1.54) is 30.8 Å². The van der Waals surface area contributed by atoms with E-state index in [-0.39, 0.29) is 5.56 Å². The van der Waals surface area contributed by atoms with Crippen LogP contribution in [0.25, 0.3) is 28.1 Å². The molecule has 0 aromatic carbocycles. The summed E-state index contributed by atoms with van der Waals surface area (Å²) in [5.41, 5.74) is 3.79. The van der Waals surface area contributed by atoms with Crippen molar-refractivity contribution in [3.8, 4) is 23.0 Å². The second-order valence-electron chi connectivity index (χ2n) is 8.19. The van der Waals surface area contributed by atoms with Crippen molar-refractivity contribution in [3.63, 3.8) is 0 Å². The van der Waals surface area contributed by atoms with Gasteiger partial charge in [-0.2, -0.15) is 4.68 Å². The molecule has 0 atom stereocenters. The highest BCUT2D eigenvalue weighted by molar-refractivity contribution is 7.07. The summed E-state index contributed by atoms with van der Waals surface area (Å²) >= 11 is 1.44. The summed E-state index contributed by atoms with van der Waals surface area (Å²) in [7, 11) is 1.50. The fourth-order valence-electron chi connectivity index (χ4n) is 4.35. The van der Waals surface area contributed by atoms with Gasteiger partial charge in [0.2, 0.25) is 0 Å². The number of aromatic nitrogens is 8. The molecule has 6 rings (SSSR count). The Labute approximate surface area is 213 Å². The Bertz CT molecular complexity index is 1570. The lowest BCUT2D eigenvalue weighted by molar-refractivity contribution is -0.126. The van der Waals surface area contributed by atoms with E-state index < -0.39 is 11.7 Å². The Morgan fingerprint density at radius 1 is 1.11 bits per heavy atom. The number of hydrogen-bond donors (Lipinski definition) is 1. The first kappa shape index (κ1) is 22.7. The van der Waals surface area contributed by atoms with Crippen LogP contribution in [0.5, 0.6) is 5.75 Å². The van der Waals surface area contributed by atoms with Gasteiger partial charge in [-0.15, -0.1) is 11.3 Å². The summed E-state index contributed by atoms with van der Waals surface area (Å²) in [6.45, 7) is 1.60. The number of pyridine rings is 2. The maximum atomic E-state index is 13.4.